The smallest absolute Gasteiger partial charge is 0.244 e. The van der Waals surface area contributed by atoms with Gasteiger partial charge < -0.3 is 14.6 Å². The van der Waals surface area contributed by atoms with Crippen LogP contribution < -0.4 is 10.2 Å². The minimum absolute atomic E-state index is 0.0904. The van der Waals surface area contributed by atoms with Crippen LogP contribution in [0.3, 0.4) is 0 Å². The van der Waals surface area contributed by atoms with Gasteiger partial charge in [-0.2, -0.15) is 0 Å². The molecule has 1 amide bonds. The van der Waals surface area contributed by atoms with Crippen molar-refractivity contribution in [1.29, 1.82) is 0 Å². The molecule has 1 saturated heterocycles. The molecular weight excluding hydrogens is 274 g/mol. The zero-order chi connectivity index (χ0) is 13.8. The number of nitrogens with zero attached hydrogens (tertiary/aromatic N) is 2. The molecule has 104 valence electrons. The fourth-order valence-corrected chi connectivity index (χ4v) is 2.90. The lowest BCUT2D eigenvalue weighted by Crippen LogP contribution is -2.36. The first-order valence-electron chi connectivity index (χ1n) is 6.48. The van der Waals surface area contributed by atoms with Crippen LogP contribution >= 0.6 is 11.3 Å². The highest BCUT2D eigenvalue weighted by atomic mass is 32.1. The number of hydrogen-bond acceptors (Lipinski definition) is 5. The molecule has 5 nitrogen and oxygen atoms in total. The van der Waals surface area contributed by atoms with E-state index in [1.54, 1.807) is 35.9 Å². The van der Waals surface area contributed by atoms with E-state index in [-0.39, 0.29) is 11.9 Å². The minimum Gasteiger partial charge on any atom is -0.465 e. The van der Waals surface area contributed by atoms with Gasteiger partial charge in [0.15, 0.2) is 5.13 Å². The first-order valence-corrected chi connectivity index (χ1v) is 7.36. The van der Waals surface area contributed by atoms with E-state index in [1.165, 1.54) is 6.08 Å². The maximum Gasteiger partial charge on any atom is 0.244 e. The van der Waals surface area contributed by atoms with Crippen molar-refractivity contribution >= 4 is 28.5 Å². The fourth-order valence-electron chi connectivity index (χ4n) is 2.22. The van der Waals surface area contributed by atoms with Crippen LogP contribution in [-0.2, 0) is 4.79 Å². The standard InChI is InChI=1S/C14H15N3O2S/c18-13(4-3-12-2-1-8-19-12)16-11-5-7-17(10-11)14-15-6-9-20-14/h1-4,6,8-9,11H,5,7,10H2,(H,16,18)/b4-3+. The molecule has 1 aliphatic rings. The second-order valence-corrected chi connectivity index (χ2v) is 5.48. The number of hydrogen-bond donors (Lipinski definition) is 1. The number of amides is 1. The number of anilines is 1. The maximum absolute atomic E-state index is 11.8. The lowest BCUT2D eigenvalue weighted by Gasteiger charge is -2.15. The SMILES string of the molecule is O=C(/C=C/c1ccco1)NC1CCN(c2nccs2)C1. The maximum atomic E-state index is 11.8. The van der Waals surface area contributed by atoms with Crippen LogP contribution in [0.25, 0.3) is 6.08 Å². The molecule has 0 bridgehead atoms. The van der Waals surface area contributed by atoms with Crippen molar-refractivity contribution in [2.24, 2.45) is 0 Å². The summed E-state index contributed by atoms with van der Waals surface area (Å²) in [7, 11) is 0. The summed E-state index contributed by atoms with van der Waals surface area (Å²) in [6.45, 7) is 1.74. The van der Waals surface area contributed by atoms with E-state index >= 15 is 0 Å². The monoisotopic (exact) mass is 289 g/mol. The van der Waals surface area contributed by atoms with Crippen molar-refractivity contribution in [2.75, 3.05) is 18.0 Å². The van der Waals surface area contributed by atoms with Crippen molar-refractivity contribution in [3.05, 3.63) is 41.8 Å². The summed E-state index contributed by atoms with van der Waals surface area (Å²) >= 11 is 1.63. The van der Waals surface area contributed by atoms with Crippen LogP contribution in [-0.4, -0.2) is 30.0 Å². The average molecular weight is 289 g/mol. The topological polar surface area (TPSA) is 58.4 Å². The molecule has 0 aliphatic carbocycles. The molecule has 0 spiro atoms. The number of carbonyl (C=O) groups is 1. The van der Waals surface area contributed by atoms with Crippen LogP contribution in [0.2, 0.25) is 0 Å². The van der Waals surface area contributed by atoms with Gasteiger partial charge in [0.2, 0.25) is 5.91 Å². The number of furan rings is 1. The minimum atomic E-state index is -0.0904. The summed E-state index contributed by atoms with van der Waals surface area (Å²) in [5.74, 6) is 0.586. The Morgan fingerprint density at radius 3 is 3.30 bits per heavy atom. The van der Waals surface area contributed by atoms with Gasteiger partial charge in [0.1, 0.15) is 5.76 Å². The molecule has 3 rings (SSSR count). The summed E-state index contributed by atoms with van der Waals surface area (Å²) in [6, 6.07) is 3.77. The molecular formula is C14H15N3O2S. The van der Waals surface area contributed by atoms with Gasteiger partial charge in [-0.1, -0.05) is 0 Å². The van der Waals surface area contributed by atoms with Gasteiger partial charge in [-0.3, -0.25) is 4.79 Å². The summed E-state index contributed by atoms with van der Waals surface area (Å²) in [6.07, 6.45) is 7.51. The predicted octanol–water partition coefficient (Wildman–Crippen LogP) is 2.14. The fraction of sp³-hybridized carbons (Fsp3) is 0.286. The molecule has 20 heavy (non-hydrogen) atoms. The van der Waals surface area contributed by atoms with Gasteiger partial charge in [-0.15, -0.1) is 11.3 Å². The van der Waals surface area contributed by atoms with E-state index in [2.05, 4.69) is 15.2 Å². The molecule has 6 heteroatoms. The Hall–Kier alpha value is -2.08. The van der Waals surface area contributed by atoms with Gasteiger partial charge in [-0.05, 0) is 24.6 Å². The number of thiazole rings is 1. The first kappa shape index (κ1) is 12.9. The predicted molar refractivity (Wildman–Crippen MR) is 78.6 cm³/mol. The molecule has 0 radical (unpaired) electrons. The quantitative estimate of drug-likeness (QED) is 0.876. The Morgan fingerprint density at radius 2 is 2.55 bits per heavy atom. The highest BCUT2D eigenvalue weighted by molar-refractivity contribution is 7.13. The van der Waals surface area contributed by atoms with E-state index in [9.17, 15) is 4.79 Å². The number of carbonyl (C=O) groups excluding carboxylic acids is 1. The Labute approximate surface area is 120 Å². The van der Waals surface area contributed by atoms with Crippen LogP contribution in [0.1, 0.15) is 12.2 Å². The zero-order valence-electron chi connectivity index (χ0n) is 10.9. The Bertz CT molecular complexity index is 578. The lowest BCUT2D eigenvalue weighted by molar-refractivity contribution is -0.117. The molecule has 0 saturated carbocycles. The van der Waals surface area contributed by atoms with E-state index in [0.29, 0.717) is 5.76 Å². The molecule has 1 unspecified atom stereocenters. The number of rotatable bonds is 4. The van der Waals surface area contributed by atoms with Gasteiger partial charge >= 0.3 is 0 Å². The molecule has 3 heterocycles. The van der Waals surface area contributed by atoms with E-state index in [0.717, 1.165) is 24.6 Å². The van der Waals surface area contributed by atoms with Crippen molar-refractivity contribution in [1.82, 2.24) is 10.3 Å². The molecule has 1 N–H and O–H groups in total. The van der Waals surface area contributed by atoms with Crippen molar-refractivity contribution < 1.29 is 9.21 Å². The highest BCUT2D eigenvalue weighted by Gasteiger charge is 2.24. The van der Waals surface area contributed by atoms with Gasteiger partial charge in [0, 0.05) is 36.8 Å². The number of aromatic nitrogens is 1. The summed E-state index contributed by atoms with van der Waals surface area (Å²) < 4.78 is 5.14. The first-order chi connectivity index (χ1) is 9.81. The molecule has 2 aromatic heterocycles. The van der Waals surface area contributed by atoms with E-state index in [1.807, 2.05) is 11.4 Å². The van der Waals surface area contributed by atoms with Crippen LogP contribution in [0.4, 0.5) is 5.13 Å². The zero-order valence-corrected chi connectivity index (χ0v) is 11.7. The van der Waals surface area contributed by atoms with Crippen molar-refractivity contribution in [2.45, 2.75) is 12.5 Å². The summed E-state index contributed by atoms with van der Waals surface area (Å²) in [5, 5.41) is 5.99. The molecule has 2 aromatic rings. The third-order valence-electron chi connectivity index (χ3n) is 3.17. The van der Waals surface area contributed by atoms with Crippen LogP contribution in [0, 0.1) is 0 Å². The second kappa shape index (κ2) is 5.92. The Balaban J connectivity index is 1.50. The van der Waals surface area contributed by atoms with E-state index in [4.69, 9.17) is 4.42 Å². The molecule has 1 fully saturated rings. The third kappa shape index (κ3) is 3.08. The Kier molecular flexibility index (Phi) is 3.83. The second-order valence-electron chi connectivity index (χ2n) is 4.60. The van der Waals surface area contributed by atoms with Gasteiger partial charge in [0.05, 0.1) is 6.26 Å². The van der Waals surface area contributed by atoms with E-state index < -0.39 is 0 Å². The third-order valence-corrected chi connectivity index (χ3v) is 4.00. The number of nitrogens with one attached hydrogen (secondary N) is 1. The normalized spacial score (nSPS) is 18.8. The molecule has 0 aromatic carbocycles. The lowest BCUT2D eigenvalue weighted by atomic mass is 10.2. The molecule has 1 atom stereocenters. The van der Waals surface area contributed by atoms with Gasteiger partial charge in [-0.25, -0.2) is 4.98 Å². The average Bonchev–Trinajstić information content (AvgIpc) is 3.18. The van der Waals surface area contributed by atoms with Crippen molar-refractivity contribution in [3.63, 3.8) is 0 Å². The Morgan fingerprint density at radius 1 is 1.60 bits per heavy atom. The highest BCUT2D eigenvalue weighted by Crippen LogP contribution is 2.22. The molecule has 1 aliphatic heterocycles. The van der Waals surface area contributed by atoms with Crippen LogP contribution in [0.5, 0.6) is 0 Å². The van der Waals surface area contributed by atoms with Crippen molar-refractivity contribution in [3.8, 4) is 0 Å². The largest absolute Gasteiger partial charge is 0.465 e. The summed E-state index contributed by atoms with van der Waals surface area (Å²) in [4.78, 5) is 18.3. The van der Waals surface area contributed by atoms with Crippen LogP contribution in [0.15, 0.2) is 40.5 Å². The van der Waals surface area contributed by atoms with Gasteiger partial charge in [0.25, 0.3) is 0 Å². The summed E-state index contributed by atoms with van der Waals surface area (Å²) in [5.41, 5.74) is 0.